The first-order valence-corrected chi connectivity index (χ1v) is 3.09. The van der Waals surface area contributed by atoms with Gasteiger partial charge in [0.25, 0.3) is 0 Å². The Morgan fingerprint density at radius 3 is 3.08 bits per heavy atom. The van der Waals surface area contributed by atoms with E-state index in [9.17, 15) is 4.79 Å². The summed E-state index contributed by atoms with van der Waals surface area (Å²) in [5.41, 5.74) is 0.321. The van der Waals surface area contributed by atoms with Crippen LogP contribution in [0.4, 0.5) is 0 Å². The van der Waals surface area contributed by atoms with Gasteiger partial charge >= 0.3 is 5.97 Å². The summed E-state index contributed by atoms with van der Waals surface area (Å²) in [7, 11) is 1.26. The van der Waals surface area contributed by atoms with Crippen LogP contribution in [-0.4, -0.2) is 23.3 Å². The number of esters is 1. The van der Waals surface area contributed by atoms with Crippen molar-refractivity contribution in [2.75, 3.05) is 7.11 Å². The number of rotatable bonds is 1. The molecule has 0 atom stereocenters. The second kappa shape index (κ2) is 3.44. The third kappa shape index (κ3) is 1.55. The van der Waals surface area contributed by atoms with Crippen LogP contribution in [0.3, 0.4) is 0 Å². The van der Waals surface area contributed by atoms with Crippen LogP contribution in [0.15, 0.2) is 12.3 Å². The number of hydrogen-bond donors (Lipinski definition) is 0. The van der Waals surface area contributed by atoms with E-state index in [0.717, 1.165) is 0 Å². The smallest absolute Gasteiger partial charge is 0.339 e. The summed E-state index contributed by atoms with van der Waals surface area (Å²) in [6, 6.07) is 3.08. The SMILES string of the molecule is COC(=O)c1cnnc(C#N)c1. The normalized spacial score (nSPS) is 8.67. The number of aromatic nitrogens is 2. The predicted molar refractivity (Wildman–Crippen MR) is 38.1 cm³/mol. The van der Waals surface area contributed by atoms with Gasteiger partial charge in [-0.2, -0.15) is 10.4 Å². The first-order valence-electron chi connectivity index (χ1n) is 3.09. The lowest BCUT2D eigenvalue weighted by atomic mass is 10.3. The van der Waals surface area contributed by atoms with E-state index in [1.807, 2.05) is 0 Å². The van der Waals surface area contributed by atoms with E-state index in [1.54, 1.807) is 6.07 Å². The standard InChI is InChI=1S/C7H5N3O2/c1-12-7(11)5-2-6(3-8)10-9-4-5/h2,4H,1H3. The molecule has 5 heteroatoms. The zero-order valence-electron chi connectivity index (χ0n) is 6.31. The maximum absolute atomic E-state index is 10.9. The Balaban J connectivity index is 3.04. The molecule has 0 saturated carbocycles. The molecule has 5 nitrogen and oxygen atoms in total. The van der Waals surface area contributed by atoms with E-state index in [-0.39, 0.29) is 11.3 Å². The molecule has 0 bridgehead atoms. The molecule has 1 heterocycles. The summed E-state index contributed by atoms with van der Waals surface area (Å²) < 4.78 is 4.42. The van der Waals surface area contributed by atoms with E-state index in [4.69, 9.17) is 5.26 Å². The molecular formula is C7H5N3O2. The van der Waals surface area contributed by atoms with Crippen LogP contribution in [0.5, 0.6) is 0 Å². The molecule has 0 N–H and O–H groups in total. The molecule has 12 heavy (non-hydrogen) atoms. The van der Waals surface area contributed by atoms with Gasteiger partial charge in [-0.05, 0) is 6.07 Å². The van der Waals surface area contributed by atoms with Gasteiger partial charge in [0.2, 0.25) is 0 Å². The van der Waals surface area contributed by atoms with Crippen molar-refractivity contribution in [3.8, 4) is 6.07 Å². The van der Waals surface area contributed by atoms with Crippen molar-refractivity contribution in [3.63, 3.8) is 0 Å². The fourth-order valence-electron chi connectivity index (χ4n) is 0.651. The molecule has 60 valence electrons. The van der Waals surface area contributed by atoms with Gasteiger partial charge in [0.1, 0.15) is 6.07 Å². The van der Waals surface area contributed by atoms with Crippen molar-refractivity contribution in [2.45, 2.75) is 0 Å². The number of methoxy groups -OCH3 is 1. The van der Waals surface area contributed by atoms with Crippen molar-refractivity contribution < 1.29 is 9.53 Å². The molecule has 1 rings (SSSR count). The number of hydrogen-bond acceptors (Lipinski definition) is 5. The van der Waals surface area contributed by atoms with Crippen molar-refractivity contribution in [2.24, 2.45) is 0 Å². The van der Waals surface area contributed by atoms with Crippen LogP contribution < -0.4 is 0 Å². The van der Waals surface area contributed by atoms with Gasteiger partial charge in [0.15, 0.2) is 5.69 Å². The maximum atomic E-state index is 10.9. The molecule has 0 fully saturated rings. The topological polar surface area (TPSA) is 75.9 Å². The first-order chi connectivity index (χ1) is 5.77. The second-order valence-electron chi connectivity index (χ2n) is 1.93. The molecule has 0 unspecified atom stereocenters. The van der Waals surface area contributed by atoms with Crippen molar-refractivity contribution >= 4 is 5.97 Å². The van der Waals surface area contributed by atoms with Crippen molar-refractivity contribution in [1.82, 2.24) is 10.2 Å². The number of ether oxygens (including phenoxy) is 1. The van der Waals surface area contributed by atoms with Crippen LogP contribution in [-0.2, 0) is 4.74 Å². The molecule has 0 spiro atoms. The highest BCUT2D eigenvalue weighted by molar-refractivity contribution is 5.89. The van der Waals surface area contributed by atoms with Gasteiger partial charge in [-0.15, -0.1) is 5.10 Å². The zero-order valence-corrected chi connectivity index (χ0v) is 6.31. The number of nitrogens with zero attached hydrogens (tertiary/aromatic N) is 3. The van der Waals surface area contributed by atoms with E-state index < -0.39 is 5.97 Å². The average Bonchev–Trinajstić information content (AvgIpc) is 2.17. The Bertz CT molecular complexity index is 343. The molecular weight excluding hydrogens is 158 g/mol. The fraction of sp³-hybridized carbons (Fsp3) is 0.143. The Morgan fingerprint density at radius 2 is 2.50 bits per heavy atom. The Hall–Kier alpha value is -1.96. The van der Waals surface area contributed by atoms with Gasteiger partial charge in [-0.25, -0.2) is 4.79 Å². The van der Waals surface area contributed by atoms with Crippen LogP contribution in [0.25, 0.3) is 0 Å². The summed E-state index contributed by atoms with van der Waals surface area (Å²) in [6.45, 7) is 0. The Labute approximate surface area is 68.6 Å². The monoisotopic (exact) mass is 163 g/mol. The van der Waals surface area contributed by atoms with Crippen LogP contribution in [0.2, 0.25) is 0 Å². The van der Waals surface area contributed by atoms with Crippen LogP contribution >= 0.6 is 0 Å². The maximum Gasteiger partial charge on any atom is 0.339 e. The molecule has 0 aliphatic heterocycles. The summed E-state index contributed by atoms with van der Waals surface area (Å²) in [5.74, 6) is -0.526. The molecule has 0 aromatic carbocycles. The zero-order chi connectivity index (χ0) is 8.97. The molecule has 0 amide bonds. The quantitative estimate of drug-likeness (QED) is 0.550. The minimum atomic E-state index is -0.526. The van der Waals surface area contributed by atoms with Crippen LogP contribution in [0, 0.1) is 11.3 Å². The summed E-state index contributed by atoms with van der Waals surface area (Å²) in [6.07, 6.45) is 1.24. The molecule has 0 saturated heterocycles. The van der Waals surface area contributed by atoms with E-state index in [1.165, 1.54) is 19.4 Å². The first kappa shape index (κ1) is 8.14. The summed E-state index contributed by atoms with van der Waals surface area (Å²) >= 11 is 0. The molecule has 0 aliphatic rings. The Kier molecular flexibility index (Phi) is 2.33. The predicted octanol–water partition coefficient (Wildman–Crippen LogP) is 0.135. The third-order valence-corrected chi connectivity index (χ3v) is 1.19. The van der Waals surface area contributed by atoms with Crippen molar-refractivity contribution in [1.29, 1.82) is 5.26 Å². The Morgan fingerprint density at radius 1 is 1.75 bits per heavy atom. The van der Waals surface area contributed by atoms with Crippen LogP contribution in [0.1, 0.15) is 16.1 Å². The van der Waals surface area contributed by atoms with Gasteiger partial charge in [0.05, 0.1) is 18.9 Å². The lowest BCUT2D eigenvalue weighted by Crippen LogP contribution is -2.03. The highest BCUT2D eigenvalue weighted by atomic mass is 16.5. The minimum absolute atomic E-state index is 0.0953. The molecule has 1 aromatic rings. The minimum Gasteiger partial charge on any atom is -0.465 e. The summed E-state index contributed by atoms with van der Waals surface area (Å²) in [5, 5.41) is 15.3. The average molecular weight is 163 g/mol. The molecule has 0 aliphatic carbocycles. The highest BCUT2D eigenvalue weighted by Crippen LogP contribution is 1.99. The molecule has 0 radical (unpaired) electrons. The second-order valence-corrected chi connectivity index (χ2v) is 1.93. The van der Waals surface area contributed by atoms with Gasteiger partial charge in [-0.1, -0.05) is 0 Å². The number of nitriles is 1. The lowest BCUT2D eigenvalue weighted by Gasteiger charge is -1.95. The van der Waals surface area contributed by atoms with Gasteiger partial charge in [-0.3, -0.25) is 0 Å². The molecule has 1 aromatic heterocycles. The lowest BCUT2D eigenvalue weighted by molar-refractivity contribution is 0.0600. The van der Waals surface area contributed by atoms with Gasteiger partial charge < -0.3 is 4.74 Å². The van der Waals surface area contributed by atoms with Crippen molar-refractivity contribution in [3.05, 3.63) is 23.5 Å². The number of carbonyl (C=O) groups excluding carboxylic acids is 1. The third-order valence-electron chi connectivity index (χ3n) is 1.19. The fourth-order valence-corrected chi connectivity index (χ4v) is 0.651. The van der Waals surface area contributed by atoms with E-state index in [2.05, 4.69) is 14.9 Å². The largest absolute Gasteiger partial charge is 0.465 e. The van der Waals surface area contributed by atoms with E-state index >= 15 is 0 Å². The van der Waals surface area contributed by atoms with E-state index in [0.29, 0.717) is 0 Å². The van der Waals surface area contributed by atoms with Gasteiger partial charge in [0, 0.05) is 0 Å². The number of carbonyl (C=O) groups is 1. The highest BCUT2D eigenvalue weighted by Gasteiger charge is 2.06. The summed E-state index contributed by atoms with van der Waals surface area (Å²) in [4.78, 5) is 10.9.